The predicted molar refractivity (Wildman–Crippen MR) is 120 cm³/mol. The van der Waals surface area contributed by atoms with Crippen LogP contribution in [0.4, 0.5) is 8.78 Å². The molecule has 0 amide bonds. The lowest BCUT2D eigenvalue weighted by Crippen LogP contribution is -1.92. The molecule has 0 unspecified atom stereocenters. The van der Waals surface area contributed by atoms with Crippen molar-refractivity contribution in [1.29, 1.82) is 0 Å². The Labute approximate surface area is 178 Å². The topological polar surface area (TPSA) is 0 Å². The SMILES string of the molecule is CCCCC#CCc1ccc(C#Cc2cc(F)c(-c3ccc(C)cc3)c(F)c2)cc1. The van der Waals surface area contributed by atoms with E-state index in [0.717, 1.165) is 36.0 Å². The van der Waals surface area contributed by atoms with Crippen LogP contribution >= 0.6 is 0 Å². The first-order chi connectivity index (χ1) is 14.6. The first-order valence-corrected chi connectivity index (χ1v) is 10.2. The molecule has 0 spiro atoms. The standard InChI is InChI=1S/C28H24F2/c1-3-4-5-6-7-8-22-11-13-23(14-12-22)15-16-24-19-26(29)28(27(30)20-24)25-17-9-21(2)10-18-25/h9-14,17-20H,3-5,8H2,1-2H3. The summed E-state index contributed by atoms with van der Waals surface area (Å²) in [6.45, 7) is 4.09. The smallest absolute Gasteiger partial charge is 0.135 e. The minimum atomic E-state index is -0.611. The summed E-state index contributed by atoms with van der Waals surface area (Å²) >= 11 is 0. The maximum absolute atomic E-state index is 14.6. The Morgan fingerprint density at radius 1 is 0.767 bits per heavy atom. The van der Waals surface area contributed by atoms with Gasteiger partial charge in [-0.3, -0.25) is 0 Å². The van der Waals surface area contributed by atoms with E-state index in [2.05, 4.69) is 30.6 Å². The average molecular weight is 398 g/mol. The molecule has 2 heteroatoms. The first kappa shape index (κ1) is 21.4. The van der Waals surface area contributed by atoms with Crippen LogP contribution in [0, 0.1) is 42.2 Å². The van der Waals surface area contributed by atoms with E-state index in [4.69, 9.17) is 0 Å². The Morgan fingerprint density at radius 2 is 1.40 bits per heavy atom. The molecule has 0 aliphatic heterocycles. The van der Waals surface area contributed by atoms with Crippen LogP contribution in [0.1, 0.15) is 48.4 Å². The summed E-state index contributed by atoms with van der Waals surface area (Å²) in [4.78, 5) is 0. The van der Waals surface area contributed by atoms with Crippen LogP contribution in [0.25, 0.3) is 11.1 Å². The van der Waals surface area contributed by atoms with Gasteiger partial charge in [-0.2, -0.15) is 0 Å². The van der Waals surface area contributed by atoms with Crippen molar-refractivity contribution in [3.05, 3.63) is 94.6 Å². The molecule has 0 bridgehead atoms. The molecule has 0 aliphatic carbocycles. The van der Waals surface area contributed by atoms with E-state index in [1.54, 1.807) is 12.1 Å². The van der Waals surface area contributed by atoms with E-state index in [1.165, 1.54) is 12.1 Å². The normalized spacial score (nSPS) is 10.0. The zero-order valence-corrected chi connectivity index (χ0v) is 17.4. The summed E-state index contributed by atoms with van der Waals surface area (Å²) in [6, 6.07) is 17.5. The van der Waals surface area contributed by atoms with Gasteiger partial charge < -0.3 is 0 Å². The number of rotatable bonds is 4. The highest BCUT2D eigenvalue weighted by atomic mass is 19.1. The van der Waals surface area contributed by atoms with Gasteiger partial charge in [-0.05, 0) is 48.7 Å². The fourth-order valence-corrected chi connectivity index (χ4v) is 3.01. The van der Waals surface area contributed by atoms with Crippen LogP contribution in [0.2, 0.25) is 0 Å². The quantitative estimate of drug-likeness (QED) is 0.325. The van der Waals surface area contributed by atoms with Gasteiger partial charge in [0.25, 0.3) is 0 Å². The highest BCUT2D eigenvalue weighted by molar-refractivity contribution is 5.66. The van der Waals surface area contributed by atoms with Crippen LogP contribution in [-0.4, -0.2) is 0 Å². The minimum absolute atomic E-state index is 0.0232. The predicted octanol–water partition coefficient (Wildman–Crippen LogP) is 7.08. The Morgan fingerprint density at radius 3 is 2.03 bits per heavy atom. The molecule has 3 rings (SSSR count). The third kappa shape index (κ3) is 5.82. The van der Waals surface area contributed by atoms with Gasteiger partial charge in [-0.15, -0.1) is 5.92 Å². The van der Waals surface area contributed by atoms with E-state index in [1.807, 2.05) is 43.3 Å². The van der Waals surface area contributed by atoms with Gasteiger partial charge in [0, 0.05) is 24.0 Å². The molecular weight excluding hydrogens is 374 g/mol. The van der Waals surface area contributed by atoms with E-state index in [-0.39, 0.29) is 5.56 Å². The second kappa shape index (κ2) is 10.4. The molecule has 3 aromatic carbocycles. The molecule has 0 atom stereocenters. The van der Waals surface area contributed by atoms with Crippen LogP contribution in [0.5, 0.6) is 0 Å². The van der Waals surface area contributed by atoms with E-state index >= 15 is 0 Å². The minimum Gasteiger partial charge on any atom is -0.206 e. The molecule has 150 valence electrons. The van der Waals surface area contributed by atoms with E-state index in [9.17, 15) is 8.78 Å². The van der Waals surface area contributed by atoms with Crippen molar-refractivity contribution in [1.82, 2.24) is 0 Å². The second-order valence-corrected chi connectivity index (χ2v) is 7.26. The largest absolute Gasteiger partial charge is 0.206 e. The van der Waals surface area contributed by atoms with Crippen molar-refractivity contribution in [3.63, 3.8) is 0 Å². The van der Waals surface area contributed by atoms with Gasteiger partial charge in [0.2, 0.25) is 0 Å². The highest BCUT2D eigenvalue weighted by Crippen LogP contribution is 2.27. The molecule has 0 heterocycles. The summed E-state index contributed by atoms with van der Waals surface area (Å²) in [5.74, 6) is 11.0. The number of hydrogen-bond acceptors (Lipinski definition) is 0. The Hall–Kier alpha value is -3.36. The molecule has 30 heavy (non-hydrogen) atoms. The van der Waals surface area contributed by atoms with Gasteiger partial charge in [-0.1, -0.05) is 73.1 Å². The lowest BCUT2D eigenvalue weighted by atomic mass is 10.0. The van der Waals surface area contributed by atoms with Crippen LogP contribution in [-0.2, 0) is 6.42 Å². The van der Waals surface area contributed by atoms with E-state index < -0.39 is 11.6 Å². The summed E-state index contributed by atoms with van der Waals surface area (Å²) in [6.07, 6.45) is 3.95. The lowest BCUT2D eigenvalue weighted by molar-refractivity contribution is 0.589. The molecule has 3 aromatic rings. The van der Waals surface area contributed by atoms with Gasteiger partial charge in [0.05, 0.1) is 5.56 Å². The fraction of sp³-hybridized carbons (Fsp3) is 0.214. The lowest BCUT2D eigenvalue weighted by Gasteiger charge is -2.06. The third-order valence-electron chi connectivity index (χ3n) is 4.76. The maximum Gasteiger partial charge on any atom is 0.135 e. The fourth-order valence-electron chi connectivity index (χ4n) is 3.01. The summed E-state index contributed by atoms with van der Waals surface area (Å²) in [7, 11) is 0. The maximum atomic E-state index is 14.6. The van der Waals surface area contributed by atoms with Gasteiger partial charge in [0.15, 0.2) is 0 Å². The van der Waals surface area contributed by atoms with Crippen molar-refractivity contribution in [2.24, 2.45) is 0 Å². The zero-order chi connectivity index (χ0) is 21.3. The monoisotopic (exact) mass is 398 g/mol. The third-order valence-corrected chi connectivity index (χ3v) is 4.76. The van der Waals surface area contributed by atoms with Crippen molar-refractivity contribution in [3.8, 4) is 34.8 Å². The Bertz CT molecular complexity index is 1090. The molecule has 0 radical (unpaired) electrons. The summed E-state index contributed by atoms with van der Waals surface area (Å²) in [5.41, 5.74) is 3.77. The van der Waals surface area contributed by atoms with Crippen molar-refractivity contribution >= 4 is 0 Å². The number of unbranched alkanes of at least 4 members (excludes halogenated alkanes) is 2. The van der Waals surface area contributed by atoms with Gasteiger partial charge in [0.1, 0.15) is 11.6 Å². The summed E-state index contributed by atoms with van der Waals surface area (Å²) in [5, 5.41) is 0. The number of halogens is 2. The van der Waals surface area contributed by atoms with Crippen LogP contribution in [0.3, 0.4) is 0 Å². The molecule has 0 saturated heterocycles. The van der Waals surface area contributed by atoms with Gasteiger partial charge in [-0.25, -0.2) is 8.78 Å². The van der Waals surface area contributed by atoms with Crippen molar-refractivity contribution < 1.29 is 8.78 Å². The summed E-state index contributed by atoms with van der Waals surface area (Å²) < 4.78 is 29.1. The Balaban J connectivity index is 1.73. The Kier molecular flexibility index (Phi) is 7.42. The molecular formula is C28H24F2. The number of aryl methyl sites for hydroxylation is 1. The van der Waals surface area contributed by atoms with Crippen molar-refractivity contribution in [2.45, 2.75) is 39.5 Å². The van der Waals surface area contributed by atoms with E-state index in [0.29, 0.717) is 17.5 Å². The second-order valence-electron chi connectivity index (χ2n) is 7.26. The average Bonchev–Trinajstić information content (AvgIpc) is 2.74. The molecule has 0 aliphatic rings. The molecule has 0 fully saturated rings. The molecule has 0 saturated carbocycles. The number of benzene rings is 3. The van der Waals surface area contributed by atoms with Crippen LogP contribution < -0.4 is 0 Å². The molecule has 0 nitrogen and oxygen atoms in total. The van der Waals surface area contributed by atoms with Crippen molar-refractivity contribution in [2.75, 3.05) is 0 Å². The first-order valence-electron chi connectivity index (χ1n) is 10.2. The van der Waals surface area contributed by atoms with Gasteiger partial charge >= 0.3 is 0 Å². The number of hydrogen-bond donors (Lipinski definition) is 0. The van der Waals surface area contributed by atoms with Crippen LogP contribution in [0.15, 0.2) is 60.7 Å². The molecule has 0 N–H and O–H groups in total. The highest BCUT2D eigenvalue weighted by Gasteiger charge is 2.12. The zero-order valence-electron chi connectivity index (χ0n) is 17.4. The molecule has 0 aromatic heterocycles.